The van der Waals surface area contributed by atoms with Crippen molar-refractivity contribution in [1.29, 1.82) is 0 Å². The molecular weight excluding hydrogens is 420 g/mol. The highest BCUT2D eigenvalue weighted by Crippen LogP contribution is 2.73. The van der Waals surface area contributed by atoms with Crippen LogP contribution in [-0.2, 0) is 11.2 Å². The first-order valence-electron chi connectivity index (χ1n) is 13.2. The third-order valence-electron chi connectivity index (χ3n) is 12.4. The van der Waals surface area contributed by atoms with Gasteiger partial charge in [0.25, 0.3) is 0 Å². The molecule has 2 aromatic heterocycles. The number of pyridine rings is 2. The molecule has 2 heterocycles. The van der Waals surface area contributed by atoms with Crippen LogP contribution < -0.4 is 0 Å². The minimum absolute atomic E-state index is 0.0882. The lowest BCUT2D eigenvalue weighted by atomic mass is 9.63. The maximum Gasteiger partial charge on any atom is 0.113 e. The molecule has 0 aromatic carbocycles. The van der Waals surface area contributed by atoms with Gasteiger partial charge in [0.2, 0.25) is 0 Å². The van der Waals surface area contributed by atoms with E-state index in [1.807, 2.05) is 36.4 Å². The minimum Gasteiger partial charge on any atom is -0.383 e. The highest BCUT2D eigenvalue weighted by Gasteiger charge is 2.70. The van der Waals surface area contributed by atoms with Crippen LogP contribution in [0.2, 0.25) is 0 Å². The molecule has 6 rings (SSSR count). The Kier molecular flexibility index (Phi) is 4.34. The van der Waals surface area contributed by atoms with E-state index in [-0.39, 0.29) is 21.7 Å². The van der Waals surface area contributed by atoms with Crippen molar-refractivity contribution in [3.05, 3.63) is 47.8 Å². The van der Waals surface area contributed by atoms with Gasteiger partial charge in [-0.3, -0.25) is 0 Å². The highest BCUT2D eigenvalue weighted by atomic mass is 16.3. The van der Waals surface area contributed by atoms with E-state index in [0.717, 1.165) is 48.5 Å². The lowest BCUT2D eigenvalue weighted by Crippen LogP contribution is -2.45. The second-order valence-corrected chi connectivity index (χ2v) is 13.5. The van der Waals surface area contributed by atoms with Gasteiger partial charge < -0.3 is 10.2 Å². The van der Waals surface area contributed by atoms with Crippen LogP contribution in [0.1, 0.15) is 91.5 Å². The van der Waals surface area contributed by atoms with Crippen molar-refractivity contribution < 1.29 is 10.2 Å². The van der Waals surface area contributed by atoms with E-state index in [9.17, 15) is 10.2 Å². The number of aromatic nitrogens is 2. The zero-order chi connectivity index (χ0) is 24.4. The summed E-state index contributed by atoms with van der Waals surface area (Å²) in [5.41, 5.74) is 1.02. The van der Waals surface area contributed by atoms with Crippen LogP contribution in [-0.4, -0.2) is 20.2 Å². The standard InChI is InChI=1S/C30H40N2O2/c1-25(2)19-13-15-27(25,5)29(33,17-19)23-11-7-9-21(31-23)22-10-8-12-24(32-22)30(34)18-20-14-16-28(30,6)26(20,3)4/h7-12,19-20,33-34H,13-18H2,1-6H3/t19-,20-,27-,28-,29-,30-/m1/s1. The first-order chi connectivity index (χ1) is 15.8. The molecule has 4 nitrogen and oxygen atoms in total. The fourth-order valence-corrected chi connectivity index (χ4v) is 8.94. The van der Waals surface area contributed by atoms with Gasteiger partial charge >= 0.3 is 0 Å². The second-order valence-electron chi connectivity index (χ2n) is 13.5. The van der Waals surface area contributed by atoms with Crippen LogP contribution in [0.25, 0.3) is 11.4 Å². The number of aliphatic hydroxyl groups is 2. The molecule has 182 valence electrons. The zero-order valence-corrected chi connectivity index (χ0v) is 21.7. The van der Waals surface area contributed by atoms with Crippen LogP contribution >= 0.6 is 0 Å². The predicted octanol–water partition coefficient (Wildman–Crippen LogP) is 6.21. The Morgan fingerprint density at radius 1 is 0.647 bits per heavy atom. The fourth-order valence-electron chi connectivity index (χ4n) is 8.94. The van der Waals surface area contributed by atoms with Crippen molar-refractivity contribution >= 4 is 0 Å². The van der Waals surface area contributed by atoms with E-state index in [0.29, 0.717) is 11.8 Å². The third-order valence-corrected chi connectivity index (χ3v) is 12.4. The van der Waals surface area contributed by atoms with Crippen molar-refractivity contribution in [3.8, 4) is 11.4 Å². The smallest absolute Gasteiger partial charge is 0.113 e. The molecule has 0 unspecified atom stereocenters. The van der Waals surface area contributed by atoms with E-state index in [1.165, 1.54) is 12.8 Å². The number of fused-ring (bicyclic) bond motifs is 4. The van der Waals surface area contributed by atoms with Gasteiger partial charge in [-0.05, 0) is 85.5 Å². The Balaban J connectivity index is 1.39. The Morgan fingerprint density at radius 2 is 1.03 bits per heavy atom. The molecule has 4 bridgehead atoms. The molecule has 4 aliphatic rings. The van der Waals surface area contributed by atoms with Crippen LogP contribution in [0.4, 0.5) is 0 Å². The first-order valence-corrected chi connectivity index (χ1v) is 13.2. The molecule has 0 aliphatic heterocycles. The molecule has 2 N–H and O–H groups in total. The van der Waals surface area contributed by atoms with Gasteiger partial charge in [-0.2, -0.15) is 0 Å². The summed E-state index contributed by atoms with van der Waals surface area (Å²) in [7, 11) is 0. The molecular formula is C30H40N2O2. The first kappa shape index (κ1) is 22.7. The number of hydrogen-bond acceptors (Lipinski definition) is 4. The van der Waals surface area contributed by atoms with Crippen LogP contribution in [0, 0.1) is 33.5 Å². The lowest BCUT2D eigenvalue weighted by molar-refractivity contribution is -0.0991. The maximum absolute atomic E-state index is 12.0. The fraction of sp³-hybridized carbons (Fsp3) is 0.667. The van der Waals surface area contributed by atoms with E-state index in [1.54, 1.807) is 0 Å². The molecule has 4 heteroatoms. The predicted molar refractivity (Wildman–Crippen MR) is 134 cm³/mol. The Labute approximate surface area is 204 Å². The summed E-state index contributed by atoms with van der Waals surface area (Å²) in [6, 6.07) is 11.9. The maximum atomic E-state index is 12.0. The van der Waals surface area contributed by atoms with Gasteiger partial charge in [0, 0.05) is 10.8 Å². The average molecular weight is 461 g/mol. The van der Waals surface area contributed by atoms with E-state index in [2.05, 4.69) is 41.5 Å². The monoisotopic (exact) mass is 460 g/mol. The van der Waals surface area contributed by atoms with E-state index >= 15 is 0 Å². The van der Waals surface area contributed by atoms with Crippen molar-refractivity contribution in [2.45, 2.75) is 91.3 Å². The van der Waals surface area contributed by atoms with Crippen molar-refractivity contribution in [2.75, 3.05) is 0 Å². The van der Waals surface area contributed by atoms with Gasteiger partial charge in [0.05, 0.1) is 22.8 Å². The summed E-state index contributed by atoms with van der Waals surface area (Å²) in [6.45, 7) is 13.8. The Bertz CT molecular complexity index is 1080. The summed E-state index contributed by atoms with van der Waals surface area (Å²) >= 11 is 0. The molecule has 34 heavy (non-hydrogen) atoms. The molecule has 4 saturated carbocycles. The third kappa shape index (κ3) is 2.38. The summed E-state index contributed by atoms with van der Waals surface area (Å²) in [4.78, 5) is 10.0. The van der Waals surface area contributed by atoms with E-state index < -0.39 is 11.2 Å². The molecule has 4 fully saturated rings. The quantitative estimate of drug-likeness (QED) is 0.571. The van der Waals surface area contributed by atoms with E-state index in [4.69, 9.17) is 9.97 Å². The summed E-state index contributed by atoms with van der Waals surface area (Å²) in [5, 5.41) is 24.1. The van der Waals surface area contributed by atoms with Crippen molar-refractivity contribution in [3.63, 3.8) is 0 Å². The topological polar surface area (TPSA) is 66.2 Å². The van der Waals surface area contributed by atoms with Gasteiger partial charge in [-0.15, -0.1) is 0 Å². The summed E-state index contributed by atoms with van der Waals surface area (Å²) < 4.78 is 0. The van der Waals surface area contributed by atoms with Crippen LogP contribution in [0.3, 0.4) is 0 Å². The largest absolute Gasteiger partial charge is 0.383 e. The molecule has 4 aliphatic carbocycles. The molecule has 2 aromatic rings. The number of nitrogens with zero attached hydrogens (tertiary/aromatic N) is 2. The molecule has 0 spiro atoms. The summed E-state index contributed by atoms with van der Waals surface area (Å²) in [5.74, 6) is 1.04. The van der Waals surface area contributed by atoms with Crippen molar-refractivity contribution in [1.82, 2.24) is 9.97 Å². The van der Waals surface area contributed by atoms with Crippen LogP contribution in [0.15, 0.2) is 36.4 Å². The van der Waals surface area contributed by atoms with Gasteiger partial charge in [0.1, 0.15) is 11.2 Å². The molecule has 0 radical (unpaired) electrons. The highest BCUT2D eigenvalue weighted by molar-refractivity contribution is 5.55. The molecule has 6 atom stereocenters. The molecule has 0 saturated heterocycles. The number of rotatable bonds is 3. The Morgan fingerprint density at radius 3 is 1.32 bits per heavy atom. The van der Waals surface area contributed by atoms with Gasteiger partial charge in [0.15, 0.2) is 0 Å². The number of hydrogen-bond donors (Lipinski definition) is 2. The van der Waals surface area contributed by atoms with Crippen molar-refractivity contribution in [2.24, 2.45) is 33.5 Å². The normalized spacial score (nSPS) is 43.5. The second kappa shape index (κ2) is 6.50. The zero-order valence-electron chi connectivity index (χ0n) is 21.7. The lowest BCUT2D eigenvalue weighted by Gasteiger charge is -2.45. The molecule has 0 amide bonds. The Hall–Kier alpha value is -1.78. The average Bonchev–Trinajstić information content (AvgIpc) is 3.30. The summed E-state index contributed by atoms with van der Waals surface area (Å²) in [6.07, 6.45) is 5.98. The minimum atomic E-state index is -0.923. The SMILES string of the molecule is CC1(C)[C@@H]2CC[C@@]1(C)[C@](O)(c1cccc(-c3cccc([C@]4(O)C[C@H]5CC[C@]4(C)C5(C)C)n3)n1)C2. The van der Waals surface area contributed by atoms with Crippen LogP contribution in [0.5, 0.6) is 0 Å². The van der Waals surface area contributed by atoms with Gasteiger partial charge in [-0.1, -0.05) is 53.7 Å². The van der Waals surface area contributed by atoms with Gasteiger partial charge in [-0.25, -0.2) is 9.97 Å².